The Labute approximate surface area is 141 Å². The number of amides is 1. The van der Waals surface area contributed by atoms with E-state index in [1.165, 1.54) is 0 Å². The van der Waals surface area contributed by atoms with Crippen LogP contribution in [0.1, 0.15) is 59.6 Å². The van der Waals surface area contributed by atoms with Gasteiger partial charge in [-0.1, -0.05) is 24.1 Å². The minimum atomic E-state index is -0.184. The number of carbonyl (C=O) groups excluding carboxylic acids is 1. The van der Waals surface area contributed by atoms with E-state index in [1.54, 1.807) is 13.2 Å². The largest absolute Gasteiger partial charge is 0.375 e. The zero-order valence-electron chi connectivity index (χ0n) is 14.1. The van der Waals surface area contributed by atoms with Gasteiger partial charge in [0.1, 0.15) is 12.3 Å². The molecule has 0 aliphatic carbocycles. The van der Waals surface area contributed by atoms with Gasteiger partial charge >= 0.3 is 0 Å². The maximum absolute atomic E-state index is 13.0. The van der Waals surface area contributed by atoms with Crippen molar-refractivity contribution in [2.24, 2.45) is 0 Å². The molecule has 3 heterocycles. The van der Waals surface area contributed by atoms with E-state index in [0.29, 0.717) is 24.0 Å². The fourth-order valence-electron chi connectivity index (χ4n) is 3.01. The molecular formula is C17H22N4O3. The van der Waals surface area contributed by atoms with Gasteiger partial charge in [0.05, 0.1) is 6.04 Å². The summed E-state index contributed by atoms with van der Waals surface area (Å²) in [7, 11) is 1.58. The van der Waals surface area contributed by atoms with E-state index in [4.69, 9.17) is 9.26 Å². The Morgan fingerprint density at radius 3 is 3.00 bits per heavy atom. The van der Waals surface area contributed by atoms with Crippen LogP contribution in [0.5, 0.6) is 0 Å². The fraction of sp³-hybridized carbons (Fsp3) is 0.529. The first-order valence-electron chi connectivity index (χ1n) is 8.25. The maximum Gasteiger partial charge on any atom is 0.273 e. The average Bonchev–Trinajstić information content (AvgIpc) is 2.90. The predicted octanol–water partition coefficient (Wildman–Crippen LogP) is 2.68. The van der Waals surface area contributed by atoms with Crippen molar-refractivity contribution in [1.29, 1.82) is 0 Å². The van der Waals surface area contributed by atoms with Crippen LogP contribution in [-0.4, -0.2) is 39.6 Å². The normalized spacial score (nSPS) is 18.4. The van der Waals surface area contributed by atoms with Crippen molar-refractivity contribution in [3.63, 3.8) is 0 Å². The molecule has 0 spiro atoms. The highest BCUT2D eigenvalue weighted by atomic mass is 16.5. The molecule has 7 nitrogen and oxygen atoms in total. The Bertz CT molecular complexity index is 701. The maximum atomic E-state index is 13.0. The van der Waals surface area contributed by atoms with E-state index in [-0.39, 0.29) is 18.6 Å². The third-order valence-corrected chi connectivity index (χ3v) is 4.17. The summed E-state index contributed by atoms with van der Waals surface area (Å²) < 4.78 is 10.2. The number of hydrogen-bond acceptors (Lipinski definition) is 6. The molecule has 1 amide bonds. The number of rotatable bonds is 4. The third-order valence-electron chi connectivity index (χ3n) is 4.17. The van der Waals surface area contributed by atoms with E-state index in [0.717, 1.165) is 31.4 Å². The van der Waals surface area contributed by atoms with Crippen molar-refractivity contribution in [3.05, 3.63) is 41.3 Å². The quantitative estimate of drug-likeness (QED) is 0.857. The van der Waals surface area contributed by atoms with E-state index < -0.39 is 0 Å². The second-order valence-electron chi connectivity index (χ2n) is 6.01. The molecule has 128 valence electrons. The van der Waals surface area contributed by atoms with Crippen LogP contribution in [-0.2, 0) is 11.3 Å². The molecule has 0 unspecified atom stereocenters. The zero-order chi connectivity index (χ0) is 16.9. The Hall–Kier alpha value is -2.28. The molecule has 1 fully saturated rings. The van der Waals surface area contributed by atoms with Crippen LogP contribution in [0.3, 0.4) is 0 Å². The number of aryl methyl sites for hydroxylation is 1. The van der Waals surface area contributed by atoms with Gasteiger partial charge in [-0.05, 0) is 31.9 Å². The lowest BCUT2D eigenvalue weighted by atomic mass is 10.1. The summed E-state index contributed by atoms with van der Waals surface area (Å²) >= 11 is 0. The van der Waals surface area contributed by atoms with Gasteiger partial charge in [0.2, 0.25) is 0 Å². The lowest BCUT2D eigenvalue weighted by Crippen LogP contribution is -2.36. The molecular weight excluding hydrogens is 308 g/mol. The Balaban J connectivity index is 1.88. The number of nitrogens with zero attached hydrogens (tertiary/aromatic N) is 4. The summed E-state index contributed by atoms with van der Waals surface area (Å²) in [6, 6.07) is 5.31. The molecule has 0 saturated carbocycles. The molecule has 1 aliphatic rings. The molecule has 1 atom stereocenters. The standard InChI is InChI=1S/C17H22N4O3/c1-12-7-6-8-13(18-12)17(22)21-10-5-3-4-9-14(21)16-19-15(11-23-2)24-20-16/h6-8,14H,3-5,9-11H2,1-2H3/t14-/m0/s1. The second kappa shape index (κ2) is 7.53. The zero-order valence-corrected chi connectivity index (χ0v) is 14.1. The number of carbonyl (C=O) groups is 1. The summed E-state index contributed by atoms with van der Waals surface area (Å²) in [5.74, 6) is 0.895. The van der Waals surface area contributed by atoms with E-state index >= 15 is 0 Å². The average molecular weight is 330 g/mol. The van der Waals surface area contributed by atoms with Gasteiger partial charge in [0.25, 0.3) is 11.8 Å². The monoisotopic (exact) mass is 330 g/mol. The third kappa shape index (κ3) is 3.62. The first kappa shape index (κ1) is 16.6. The van der Waals surface area contributed by atoms with E-state index in [9.17, 15) is 4.79 Å². The van der Waals surface area contributed by atoms with Gasteiger partial charge in [-0.3, -0.25) is 4.79 Å². The smallest absolute Gasteiger partial charge is 0.273 e. The summed E-state index contributed by atoms with van der Waals surface area (Å²) in [5.41, 5.74) is 1.29. The van der Waals surface area contributed by atoms with Gasteiger partial charge in [-0.2, -0.15) is 4.98 Å². The minimum absolute atomic E-state index is 0.0799. The fourth-order valence-corrected chi connectivity index (χ4v) is 3.01. The van der Waals surface area contributed by atoms with Gasteiger partial charge in [-0.25, -0.2) is 4.98 Å². The Morgan fingerprint density at radius 2 is 2.21 bits per heavy atom. The molecule has 0 radical (unpaired) electrons. The first-order chi connectivity index (χ1) is 11.7. The highest BCUT2D eigenvalue weighted by Crippen LogP contribution is 2.29. The highest BCUT2D eigenvalue weighted by Gasteiger charge is 2.31. The van der Waals surface area contributed by atoms with Gasteiger partial charge in [0, 0.05) is 19.3 Å². The first-order valence-corrected chi connectivity index (χ1v) is 8.25. The number of pyridine rings is 1. The molecule has 24 heavy (non-hydrogen) atoms. The minimum Gasteiger partial charge on any atom is -0.375 e. The summed E-state index contributed by atoms with van der Waals surface area (Å²) in [4.78, 5) is 23.6. The van der Waals surface area contributed by atoms with E-state index in [1.807, 2.05) is 24.0 Å². The summed E-state index contributed by atoms with van der Waals surface area (Å²) in [6.07, 6.45) is 3.91. The van der Waals surface area contributed by atoms with Crippen LogP contribution in [0.15, 0.2) is 22.7 Å². The Morgan fingerprint density at radius 1 is 1.33 bits per heavy atom. The molecule has 1 aliphatic heterocycles. The van der Waals surface area contributed by atoms with Crippen LogP contribution in [0.25, 0.3) is 0 Å². The molecule has 0 bridgehead atoms. The number of likely N-dealkylation sites (tertiary alicyclic amines) is 1. The molecule has 0 aromatic carbocycles. The van der Waals surface area contributed by atoms with Gasteiger partial charge in [0.15, 0.2) is 5.82 Å². The molecule has 2 aromatic heterocycles. The lowest BCUT2D eigenvalue weighted by molar-refractivity contribution is 0.0664. The molecule has 0 N–H and O–H groups in total. The predicted molar refractivity (Wildman–Crippen MR) is 86.2 cm³/mol. The lowest BCUT2D eigenvalue weighted by Gasteiger charge is -2.27. The van der Waals surface area contributed by atoms with Crippen molar-refractivity contribution in [3.8, 4) is 0 Å². The van der Waals surface area contributed by atoms with Crippen LogP contribution in [0.2, 0.25) is 0 Å². The topological polar surface area (TPSA) is 81.4 Å². The van der Waals surface area contributed by atoms with Gasteiger partial charge in [-0.15, -0.1) is 0 Å². The number of methoxy groups -OCH3 is 1. The number of aromatic nitrogens is 3. The van der Waals surface area contributed by atoms with Crippen molar-refractivity contribution in [1.82, 2.24) is 20.0 Å². The highest BCUT2D eigenvalue weighted by molar-refractivity contribution is 5.92. The van der Waals surface area contributed by atoms with Crippen molar-refractivity contribution >= 4 is 5.91 Å². The van der Waals surface area contributed by atoms with Crippen molar-refractivity contribution in [2.75, 3.05) is 13.7 Å². The molecule has 2 aromatic rings. The molecule has 1 saturated heterocycles. The summed E-state index contributed by atoms with van der Waals surface area (Å²) in [6.45, 7) is 2.83. The van der Waals surface area contributed by atoms with Crippen LogP contribution >= 0.6 is 0 Å². The van der Waals surface area contributed by atoms with Crippen LogP contribution < -0.4 is 0 Å². The molecule has 3 rings (SSSR count). The number of hydrogen-bond donors (Lipinski definition) is 0. The molecule has 7 heteroatoms. The summed E-state index contributed by atoms with van der Waals surface area (Å²) in [5, 5.41) is 4.06. The van der Waals surface area contributed by atoms with Crippen molar-refractivity contribution < 1.29 is 14.1 Å². The van der Waals surface area contributed by atoms with E-state index in [2.05, 4.69) is 15.1 Å². The van der Waals surface area contributed by atoms with Crippen LogP contribution in [0, 0.1) is 6.92 Å². The van der Waals surface area contributed by atoms with Crippen LogP contribution in [0.4, 0.5) is 0 Å². The van der Waals surface area contributed by atoms with Gasteiger partial charge < -0.3 is 14.2 Å². The van der Waals surface area contributed by atoms with Crippen molar-refractivity contribution in [2.45, 2.75) is 45.3 Å². The SMILES string of the molecule is COCc1nc([C@@H]2CCCCCN2C(=O)c2cccc(C)n2)no1. The number of ether oxygens (including phenoxy) is 1. The Kier molecular flexibility index (Phi) is 5.20. The second-order valence-corrected chi connectivity index (χ2v) is 6.01.